The number of hydrogen-bond acceptors (Lipinski definition) is 6. The molecule has 1 fully saturated rings. The van der Waals surface area contributed by atoms with Gasteiger partial charge in [0, 0.05) is 19.2 Å². The lowest BCUT2D eigenvalue weighted by Gasteiger charge is -2.29. The summed E-state index contributed by atoms with van der Waals surface area (Å²) in [6, 6.07) is 1.61. The maximum atomic E-state index is 12.0. The summed E-state index contributed by atoms with van der Waals surface area (Å²) in [5.74, 6) is 0.701. The number of fused-ring (bicyclic) bond motifs is 1. The first kappa shape index (κ1) is 14.6. The molecule has 1 saturated heterocycles. The van der Waals surface area contributed by atoms with Crippen LogP contribution < -0.4 is 10.9 Å². The Bertz CT molecular complexity index is 646. The molecule has 1 aliphatic rings. The largest absolute Gasteiger partial charge is 0.316 e. The predicted octanol–water partition coefficient (Wildman–Crippen LogP) is 0.972. The van der Waals surface area contributed by atoms with E-state index in [1.54, 1.807) is 11.6 Å². The number of nitrogens with one attached hydrogen (secondary N) is 1. The Morgan fingerprint density at radius 1 is 1.57 bits per heavy atom. The van der Waals surface area contributed by atoms with E-state index in [9.17, 15) is 4.79 Å². The summed E-state index contributed by atoms with van der Waals surface area (Å²) >= 11 is 1.40. The van der Waals surface area contributed by atoms with E-state index in [-0.39, 0.29) is 5.56 Å². The highest BCUT2D eigenvalue weighted by atomic mass is 32.1. The Balaban J connectivity index is 1.70. The Kier molecular flexibility index (Phi) is 4.62. The lowest BCUT2D eigenvalue weighted by molar-refractivity contribution is 0.208. The van der Waals surface area contributed by atoms with Crippen molar-refractivity contribution in [2.75, 3.05) is 26.2 Å². The minimum atomic E-state index is -0.0911. The third-order valence-corrected chi connectivity index (χ3v) is 4.66. The van der Waals surface area contributed by atoms with E-state index in [0.29, 0.717) is 10.9 Å². The highest BCUT2D eigenvalue weighted by Crippen LogP contribution is 2.13. The minimum Gasteiger partial charge on any atom is -0.316 e. The fourth-order valence-corrected chi connectivity index (χ4v) is 3.50. The molecule has 0 bridgehead atoms. The van der Waals surface area contributed by atoms with Gasteiger partial charge in [-0.1, -0.05) is 18.3 Å². The van der Waals surface area contributed by atoms with Crippen molar-refractivity contribution in [2.24, 2.45) is 5.92 Å². The second kappa shape index (κ2) is 6.64. The fourth-order valence-electron chi connectivity index (χ4n) is 2.86. The number of hydrogen-bond donors (Lipinski definition) is 1. The van der Waals surface area contributed by atoms with Crippen molar-refractivity contribution in [3.8, 4) is 0 Å². The first-order valence-electron chi connectivity index (χ1n) is 7.52. The standard InChI is InChI=1S/C14H21N5OS/c1-2-18(8-11-4-3-5-15-7-11)9-12-6-13(20)19-14(17-12)21-10-16-19/h6,10-11,15H,2-5,7-9H2,1H3. The Morgan fingerprint density at radius 2 is 2.48 bits per heavy atom. The van der Waals surface area contributed by atoms with Gasteiger partial charge in [-0.05, 0) is 38.4 Å². The van der Waals surface area contributed by atoms with Crippen molar-refractivity contribution < 1.29 is 0 Å². The van der Waals surface area contributed by atoms with Crippen LogP contribution in [0.3, 0.4) is 0 Å². The minimum absolute atomic E-state index is 0.0911. The molecular weight excluding hydrogens is 286 g/mol. The van der Waals surface area contributed by atoms with Crippen molar-refractivity contribution in [3.63, 3.8) is 0 Å². The monoisotopic (exact) mass is 307 g/mol. The first-order valence-corrected chi connectivity index (χ1v) is 8.39. The Hall–Kier alpha value is -1.31. The average molecular weight is 307 g/mol. The van der Waals surface area contributed by atoms with Gasteiger partial charge in [-0.2, -0.15) is 9.61 Å². The zero-order valence-electron chi connectivity index (χ0n) is 12.3. The van der Waals surface area contributed by atoms with Gasteiger partial charge >= 0.3 is 0 Å². The molecular formula is C14H21N5OS. The maximum Gasteiger partial charge on any atom is 0.275 e. The fraction of sp³-hybridized carbons (Fsp3) is 0.643. The molecule has 0 amide bonds. The Labute approximate surface area is 127 Å². The van der Waals surface area contributed by atoms with Crippen LogP contribution in [0.1, 0.15) is 25.5 Å². The van der Waals surface area contributed by atoms with E-state index in [0.717, 1.165) is 38.4 Å². The van der Waals surface area contributed by atoms with Crippen LogP contribution in [-0.4, -0.2) is 45.7 Å². The molecule has 6 nitrogen and oxygen atoms in total. The third kappa shape index (κ3) is 3.48. The van der Waals surface area contributed by atoms with Crippen LogP contribution in [0.25, 0.3) is 4.96 Å². The molecule has 2 aromatic heterocycles. The van der Waals surface area contributed by atoms with Crippen molar-refractivity contribution >= 4 is 16.3 Å². The van der Waals surface area contributed by atoms with Crippen LogP contribution in [0.15, 0.2) is 16.4 Å². The smallest absolute Gasteiger partial charge is 0.275 e. The van der Waals surface area contributed by atoms with Crippen LogP contribution in [0.2, 0.25) is 0 Å². The molecule has 0 saturated carbocycles. The predicted molar refractivity (Wildman–Crippen MR) is 83.7 cm³/mol. The molecule has 0 aliphatic carbocycles. The van der Waals surface area contributed by atoms with Crippen LogP contribution in [0.4, 0.5) is 0 Å². The van der Waals surface area contributed by atoms with Crippen molar-refractivity contribution in [1.29, 1.82) is 0 Å². The first-order chi connectivity index (χ1) is 10.3. The van der Waals surface area contributed by atoms with Gasteiger partial charge in [-0.3, -0.25) is 9.69 Å². The van der Waals surface area contributed by atoms with E-state index < -0.39 is 0 Å². The molecule has 7 heteroatoms. The summed E-state index contributed by atoms with van der Waals surface area (Å²) in [6.45, 7) is 7.17. The molecule has 0 aromatic carbocycles. The number of rotatable bonds is 5. The maximum absolute atomic E-state index is 12.0. The molecule has 114 valence electrons. The van der Waals surface area contributed by atoms with Gasteiger partial charge in [-0.15, -0.1) is 0 Å². The second-order valence-electron chi connectivity index (χ2n) is 5.56. The summed E-state index contributed by atoms with van der Waals surface area (Å²) in [5.41, 5.74) is 2.40. The SMILES string of the molecule is CCN(Cc1cc(=O)n2ncsc2n1)CC1CCCNC1. The van der Waals surface area contributed by atoms with Gasteiger partial charge < -0.3 is 5.32 Å². The van der Waals surface area contributed by atoms with Crippen molar-refractivity contribution in [2.45, 2.75) is 26.3 Å². The summed E-state index contributed by atoms with van der Waals surface area (Å²) < 4.78 is 1.36. The summed E-state index contributed by atoms with van der Waals surface area (Å²) in [4.78, 5) is 19.5. The zero-order valence-corrected chi connectivity index (χ0v) is 13.1. The molecule has 2 aromatic rings. The van der Waals surface area contributed by atoms with Crippen LogP contribution in [0.5, 0.6) is 0 Å². The van der Waals surface area contributed by atoms with Crippen LogP contribution >= 0.6 is 11.3 Å². The molecule has 3 rings (SSSR count). The summed E-state index contributed by atoms with van der Waals surface area (Å²) in [5, 5.41) is 7.45. The summed E-state index contributed by atoms with van der Waals surface area (Å²) in [6.07, 6.45) is 2.54. The van der Waals surface area contributed by atoms with Crippen LogP contribution in [-0.2, 0) is 6.54 Å². The van der Waals surface area contributed by atoms with Gasteiger partial charge in [0.2, 0.25) is 4.96 Å². The topological polar surface area (TPSA) is 62.5 Å². The molecule has 0 spiro atoms. The molecule has 1 N–H and O–H groups in total. The van der Waals surface area contributed by atoms with E-state index in [4.69, 9.17) is 0 Å². The number of aromatic nitrogens is 3. The second-order valence-corrected chi connectivity index (χ2v) is 6.37. The van der Waals surface area contributed by atoms with Gasteiger partial charge in [0.1, 0.15) is 5.51 Å². The lowest BCUT2D eigenvalue weighted by Crippen LogP contribution is -2.38. The normalized spacial score (nSPS) is 19.4. The Morgan fingerprint density at radius 3 is 3.24 bits per heavy atom. The van der Waals surface area contributed by atoms with E-state index >= 15 is 0 Å². The highest BCUT2D eigenvalue weighted by Gasteiger charge is 2.17. The molecule has 1 aliphatic heterocycles. The molecule has 1 unspecified atom stereocenters. The van der Waals surface area contributed by atoms with Gasteiger partial charge in [0.25, 0.3) is 5.56 Å². The van der Waals surface area contributed by atoms with Crippen LogP contribution in [0, 0.1) is 5.92 Å². The number of piperidine rings is 1. The van der Waals surface area contributed by atoms with Gasteiger partial charge in [0.15, 0.2) is 0 Å². The van der Waals surface area contributed by atoms with E-state index in [1.165, 1.54) is 28.7 Å². The quantitative estimate of drug-likeness (QED) is 0.892. The van der Waals surface area contributed by atoms with Crippen molar-refractivity contribution in [1.82, 2.24) is 24.8 Å². The zero-order chi connectivity index (χ0) is 14.7. The van der Waals surface area contributed by atoms with E-state index in [2.05, 4.69) is 27.2 Å². The van der Waals surface area contributed by atoms with E-state index in [1.807, 2.05) is 0 Å². The molecule has 1 atom stereocenters. The lowest BCUT2D eigenvalue weighted by atomic mass is 9.99. The number of nitrogens with zero attached hydrogens (tertiary/aromatic N) is 4. The molecule has 21 heavy (non-hydrogen) atoms. The van der Waals surface area contributed by atoms with Gasteiger partial charge in [-0.25, -0.2) is 4.98 Å². The molecule has 0 radical (unpaired) electrons. The highest BCUT2D eigenvalue weighted by molar-refractivity contribution is 7.14. The molecule has 3 heterocycles. The van der Waals surface area contributed by atoms with Crippen molar-refractivity contribution in [3.05, 3.63) is 27.6 Å². The third-order valence-electron chi connectivity index (χ3n) is 3.99. The average Bonchev–Trinajstić information content (AvgIpc) is 2.96. The summed E-state index contributed by atoms with van der Waals surface area (Å²) in [7, 11) is 0. The van der Waals surface area contributed by atoms with Gasteiger partial charge in [0.05, 0.1) is 5.69 Å².